The van der Waals surface area contributed by atoms with E-state index in [4.69, 9.17) is 0 Å². The van der Waals surface area contributed by atoms with Crippen molar-refractivity contribution < 1.29 is 0 Å². The summed E-state index contributed by atoms with van der Waals surface area (Å²) in [6.07, 6.45) is 7.48. The lowest BCUT2D eigenvalue weighted by molar-refractivity contribution is 0.695. The van der Waals surface area contributed by atoms with Gasteiger partial charge >= 0.3 is 0 Å². The van der Waals surface area contributed by atoms with Crippen LogP contribution in [0.25, 0.3) is 0 Å². The van der Waals surface area contributed by atoms with Gasteiger partial charge in [-0.3, -0.25) is 0 Å². The molecule has 65 valence electrons. The van der Waals surface area contributed by atoms with Crippen molar-refractivity contribution in [3.8, 4) is 0 Å². The van der Waals surface area contributed by atoms with Crippen LogP contribution >= 0.6 is 0 Å². The molecule has 1 aromatic carbocycles. The Labute approximate surface area is 77.9 Å². The van der Waals surface area contributed by atoms with Crippen molar-refractivity contribution in [3.05, 3.63) is 54.6 Å². The van der Waals surface area contributed by atoms with E-state index in [9.17, 15) is 0 Å². The summed E-state index contributed by atoms with van der Waals surface area (Å²) >= 11 is 0. The molecule has 0 aliphatic rings. The molecule has 0 aliphatic heterocycles. The van der Waals surface area contributed by atoms with Crippen molar-refractivity contribution in [2.75, 3.05) is 0 Å². The Balaban J connectivity index is 1.94. The Morgan fingerprint density at radius 3 is 2.77 bits per heavy atom. The number of imidazole rings is 1. The van der Waals surface area contributed by atoms with Crippen molar-refractivity contribution in [1.29, 1.82) is 0 Å². The Hall–Kier alpha value is -1.57. The quantitative estimate of drug-likeness (QED) is 0.690. The van der Waals surface area contributed by atoms with Crippen LogP contribution in [0.2, 0.25) is 0 Å². The molecule has 2 heteroatoms. The van der Waals surface area contributed by atoms with E-state index in [1.165, 1.54) is 5.56 Å². The highest BCUT2D eigenvalue weighted by Gasteiger charge is 1.92. The van der Waals surface area contributed by atoms with E-state index in [1.54, 1.807) is 6.33 Å². The first kappa shape index (κ1) is 8.05. The lowest BCUT2D eigenvalue weighted by Crippen LogP contribution is -1.97. The number of aryl methyl sites for hydroxylation is 2. The van der Waals surface area contributed by atoms with Crippen molar-refractivity contribution >= 4 is 0 Å². The van der Waals surface area contributed by atoms with E-state index in [1.807, 2.05) is 16.8 Å². The lowest BCUT2D eigenvalue weighted by Gasteiger charge is -2.01. The maximum atomic E-state index is 3.87. The molecular weight excluding hydrogens is 160 g/mol. The van der Waals surface area contributed by atoms with Crippen LogP contribution in [0.1, 0.15) is 5.56 Å². The Morgan fingerprint density at radius 2 is 2.08 bits per heavy atom. The summed E-state index contributed by atoms with van der Waals surface area (Å²) in [5, 5.41) is 0. The molecule has 0 bridgehead atoms. The monoisotopic (exact) mass is 171 g/mol. The summed E-state index contributed by atoms with van der Waals surface area (Å²) in [6.45, 7) is 0.973. The standard InChI is InChI=1S/C11H11N2/c1-2-4-11(5-3-1)6-8-13-9-7-12-10-13/h1-5,9-10H,6,8H2. The normalized spacial score (nSPS) is 10.2. The second-order valence-corrected chi connectivity index (χ2v) is 2.98. The van der Waals surface area contributed by atoms with Gasteiger partial charge in [0, 0.05) is 12.7 Å². The average molecular weight is 171 g/mol. The van der Waals surface area contributed by atoms with Crippen molar-refractivity contribution in [2.24, 2.45) is 0 Å². The van der Waals surface area contributed by atoms with Crippen molar-refractivity contribution in [2.45, 2.75) is 13.0 Å². The lowest BCUT2D eigenvalue weighted by atomic mass is 10.1. The van der Waals surface area contributed by atoms with Crippen LogP contribution in [-0.2, 0) is 13.0 Å². The van der Waals surface area contributed by atoms with Crippen molar-refractivity contribution in [3.63, 3.8) is 0 Å². The van der Waals surface area contributed by atoms with E-state index in [0.717, 1.165) is 13.0 Å². The Kier molecular flexibility index (Phi) is 2.41. The second kappa shape index (κ2) is 3.90. The zero-order valence-electron chi connectivity index (χ0n) is 7.35. The summed E-state index contributed by atoms with van der Waals surface area (Å²) in [7, 11) is 0. The van der Waals surface area contributed by atoms with Gasteiger partial charge in [0.15, 0.2) is 0 Å². The molecule has 0 saturated heterocycles. The number of rotatable bonds is 3. The minimum absolute atomic E-state index is 0.973. The van der Waals surface area contributed by atoms with Crippen LogP contribution in [0.4, 0.5) is 0 Å². The summed E-state index contributed by atoms with van der Waals surface area (Å²) in [5.41, 5.74) is 1.36. The predicted molar refractivity (Wildman–Crippen MR) is 51.2 cm³/mol. The SMILES string of the molecule is [c]1cn(CCc2ccccc2)cn1. The van der Waals surface area contributed by atoms with E-state index in [-0.39, 0.29) is 0 Å². The van der Waals surface area contributed by atoms with Crippen LogP contribution in [0.15, 0.2) is 42.9 Å². The number of hydrogen-bond donors (Lipinski definition) is 0. The Bertz CT molecular complexity index is 338. The summed E-state index contributed by atoms with van der Waals surface area (Å²) in [4.78, 5) is 3.87. The van der Waals surface area contributed by atoms with E-state index in [0.29, 0.717) is 0 Å². The van der Waals surface area contributed by atoms with Gasteiger partial charge < -0.3 is 4.57 Å². The van der Waals surface area contributed by atoms with Crippen LogP contribution in [0.3, 0.4) is 0 Å². The van der Waals surface area contributed by atoms with Gasteiger partial charge in [-0.15, -0.1) is 0 Å². The highest BCUT2D eigenvalue weighted by atomic mass is 15.0. The molecule has 0 fully saturated rings. The molecule has 0 saturated carbocycles. The fraction of sp³-hybridized carbons (Fsp3) is 0.182. The molecule has 0 amide bonds. The van der Waals surface area contributed by atoms with Gasteiger partial charge in [0.05, 0.1) is 6.33 Å². The molecule has 2 aromatic rings. The van der Waals surface area contributed by atoms with Gasteiger partial charge in [-0.2, -0.15) is 0 Å². The summed E-state index contributed by atoms with van der Waals surface area (Å²) < 4.78 is 2.03. The van der Waals surface area contributed by atoms with E-state index >= 15 is 0 Å². The molecule has 0 spiro atoms. The minimum Gasteiger partial charge on any atom is -0.336 e. The van der Waals surface area contributed by atoms with E-state index < -0.39 is 0 Å². The second-order valence-electron chi connectivity index (χ2n) is 2.98. The van der Waals surface area contributed by atoms with Gasteiger partial charge in [-0.1, -0.05) is 30.3 Å². The average Bonchev–Trinajstić information content (AvgIpc) is 2.69. The zero-order chi connectivity index (χ0) is 8.93. The molecule has 1 aromatic heterocycles. The van der Waals surface area contributed by atoms with Crippen LogP contribution in [0.5, 0.6) is 0 Å². The molecule has 0 aliphatic carbocycles. The zero-order valence-corrected chi connectivity index (χ0v) is 7.35. The third-order valence-corrected chi connectivity index (χ3v) is 2.01. The molecule has 0 N–H and O–H groups in total. The molecule has 2 nitrogen and oxygen atoms in total. The number of benzene rings is 1. The molecule has 1 radical (unpaired) electrons. The van der Waals surface area contributed by atoms with Gasteiger partial charge in [0.25, 0.3) is 0 Å². The summed E-state index contributed by atoms with van der Waals surface area (Å²) in [6, 6.07) is 10.4. The molecule has 2 rings (SSSR count). The molecular formula is C11H11N2. The Morgan fingerprint density at radius 1 is 1.23 bits per heavy atom. The predicted octanol–water partition coefficient (Wildman–Crippen LogP) is 1.93. The molecule has 13 heavy (non-hydrogen) atoms. The van der Waals surface area contributed by atoms with Gasteiger partial charge in [0.1, 0.15) is 6.20 Å². The number of nitrogens with zero attached hydrogens (tertiary/aromatic N) is 2. The topological polar surface area (TPSA) is 17.8 Å². The third-order valence-electron chi connectivity index (χ3n) is 2.01. The third kappa shape index (κ3) is 2.18. The van der Waals surface area contributed by atoms with E-state index in [2.05, 4.69) is 35.4 Å². The first-order valence-corrected chi connectivity index (χ1v) is 4.37. The van der Waals surface area contributed by atoms with Crippen LogP contribution in [-0.4, -0.2) is 9.55 Å². The maximum absolute atomic E-state index is 3.87. The van der Waals surface area contributed by atoms with Gasteiger partial charge in [-0.05, 0) is 12.0 Å². The molecule has 0 atom stereocenters. The number of aromatic nitrogens is 2. The number of hydrogen-bond acceptors (Lipinski definition) is 1. The van der Waals surface area contributed by atoms with Gasteiger partial charge in [-0.25, -0.2) is 4.98 Å². The first-order chi connectivity index (χ1) is 6.45. The van der Waals surface area contributed by atoms with Crippen molar-refractivity contribution in [1.82, 2.24) is 9.55 Å². The minimum atomic E-state index is 0.973. The van der Waals surface area contributed by atoms with Gasteiger partial charge in [0.2, 0.25) is 0 Å². The highest BCUT2D eigenvalue weighted by molar-refractivity contribution is 5.14. The fourth-order valence-electron chi connectivity index (χ4n) is 1.27. The van der Waals surface area contributed by atoms with Crippen LogP contribution < -0.4 is 0 Å². The van der Waals surface area contributed by atoms with Crippen LogP contribution in [0, 0.1) is 6.20 Å². The first-order valence-electron chi connectivity index (χ1n) is 4.37. The summed E-state index contributed by atoms with van der Waals surface area (Å²) in [5.74, 6) is 0. The molecule has 0 unspecified atom stereocenters. The smallest absolute Gasteiger partial charge is 0.108 e. The fourth-order valence-corrected chi connectivity index (χ4v) is 1.27. The largest absolute Gasteiger partial charge is 0.336 e. The highest BCUT2D eigenvalue weighted by Crippen LogP contribution is 2.00. The maximum Gasteiger partial charge on any atom is 0.108 e. The molecule has 1 heterocycles.